The van der Waals surface area contributed by atoms with Crippen LogP contribution in [0.15, 0.2) is 73.1 Å². The number of carbonyl (C=O) groups is 2. The van der Waals surface area contributed by atoms with E-state index < -0.39 is 0 Å². The second kappa shape index (κ2) is 8.83. The molecule has 0 unspecified atom stereocenters. The van der Waals surface area contributed by atoms with Gasteiger partial charge in [0.05, 0.1) is 17.4 Å². The van der Waals surface area contributed by atoms with Gasteiger partial charge in [-0.15, -0.1) is 0 Å². The molecule has 6 nitrogen and oxygen atoms in total. The predicted molar refractivity (Wildman–Crippen MR) is 122 cm³/mol. The molecule has 0 radical (unpaired) electrons. The number of rotatable bonds is 6. The Morgan fingerprint density at radius 2 is 1.74 bits per heavy atom. The summed E-state index contributed by atoms with van der Waals surface area (Å²) in [7, 11) is 0. The van der Waals surface area contributed by atoms with Gasteiger partial charge in [0.15, 0.2) is 0 Å². The van der Waals surface area contributed by atoms with Crippen molar-refractivity contribution in [3.63, 3.8) is 0 Å². The van der Waals surface area contributed by atoms with Crippen LogP contribution in [0.25, 0.3) is 11.0 Å². The van der Waals surface area contributed by atoms with Crippen molar-refractivity contribution in [1.29, 1.82) is 0 Å². The van der Waals surface area contributed by atoms with Crippen LogP contribution < -0.4 is 10.6 Å². The van der Waals surface area contributed by atoms with E-state index in [0.717, 1.165) is 11.1 Å². The fraction of sp³-hybridized carbons (Fsp3) is 0.160. The van der Waals surface area contributed by atoms with Crippen LogP contribution in [-0.4, -0.2) is 21.4 Å². The van der Waals surface area contributed by atoms with E-state index in [1.165, 1.54) is 12.5 Å². The number of fused-ring (bicyclic) bond motifs is 1. The second-order valence-corrected chi connectivity index (χ2v) is 7.60. The van der Waals surface area contributed by atoms with Crippen LogP contribution in [0.4, 0.5) is 5.69 Å². The second-order valence-electron chi connectivity index (χ2n) is 7.60. The van der Waals surface area contributed by atoms with E-state index in [0.29, 0.717) is 35.4 Å². The van der Waals surface area contributed by atoms with Crippen molar-refractivity contribution < 1.29 is 9.59 Å². The van der Waals surface area contributed by atoms with Gasteiger partial charge in [0, 0.05) is 31.6 Å². The van der Waals surface area contributed by atoms with Crippen LogP contribution >= 0.6 is 0 Å². The van der Waals surface area contributed by atoms with E-state index in [-0.39, 0.29) is 11.8 Å². The Balaban J connectivity index is 1.66. The molecule has 0 aliphatic carbocycles. The van der Waals surface area contributed by atoms with Crippen LogP contribution in [-0.2, 0) is 17.9 Å². The number of hydrogen-bond acceptors (Lipinski definition) is 3. The first-order chi connectivity index (χ1) is 15.0. The van der Waals surface area contributed by atoms with Crippen molar-refractivity contribution in [2.45, 2.75) is 26.9 Å². The Morgan fingerprint density at radius 1 is 1.00 bits per heavy atom. The Morgan fingerprint density at radius 3 is 2.45 bits per heavy atom. The minimum atomic E-state index is -0.185. The molecule has 2 N–H and O–H groups in total. The molecule has 4 rings (SSSR count). The van der Waals surface area contributed by atoms with Crippen molar-refractivity contribution >= 4 is 28.5 Å². The molecule has 0 fully saturated rings. The molecule has 0 aliphatic heterocycles. The number of aromatic nitrogens is 2. The number of pyridine rings is 1. The van der Waals surface area contributed by atoms with Crippen LogP contribution in [0.3, 0.4) is 0 Å². The summed E-state index contributed by atoms with van der Waals surface area (Å²) < 4.78 is 1.96. The third-order valence-corrected chi connectivity index (χ3v) is 5.05. The molecule has 2 amide bonds. The fourth-order valence-corrected chi connectivity index (χ4v) is 3.51. The van der Waals surface area contributed by atoms with Gasteiger partial charge in [0.25, 0.3) is 5.91 Å². The Hall–Kier alpha value is -3.93. The van der Waals surface area contributed by atoms with Crippen molar-refractivity contribution in [1.82, 2.24) is 14.9 Å². The van der Waals surface area contributed by atoms with Gasteiger partial charge in [-0.05, 0) is 24.1 Å². The van der Waals surface area contributed by atoms with Gasteiger partial charge in [0.1, 0.15) is 5.65 Å². The number of hydrogen-bond donors (Lipinski definition) is 2. The number of nitrogens with zero attached hydrogens (tertiary/aromatic N) is 2. The highest BCUT2D eigenvalue weighted by Crippen LogP contribution is 2.24. The molecular weight excluding hydrogens is 388 g/mol. The lowest BCUT2D eigenvalue weighted by Gasteiger charge is -2.06. The average Bonchev–Trinajstić information content (AvgIpc) is 3.11. The lowest BCUT2D eigenvalue weighted by Crippen LogP contribution is -2.22. The van der Waals surface area contributed by atoms with E-state index in [2.05, 4.69) is 15.6 Å². The number of anilines is 1. The highest BCUT2D eigenvalue weighted by molar-refractivity contribution is 6.07. The predicted octanol–water partition coefficient (Wildman–Crippen LogP) is 4.28. The Bertz CT molecular complexity index is 1230. The van der Waals surface area contributed by atoms with Crippen molar-refractivity contribution in [3.05, 3.63) is 95.3 Å². The van der Waals surface area contributed by atoms with Crippen molar-refractivity contribution in [2.24, 2.45) is 0 Å². The van der Waals surface area contributed by atoms with Crippen LogP contribution in [0.2, 0.25) is 0 Å². The molecule has 6 heteroatoms. The van der Waals surface area contributed by atoms with Gasteiger partial charge in [-0.2, -0.15) is 0 Å². The van der Waals surface area contributed by atoms with Crippen LogP contribution in [0, 0.1) is 6.92 Å². The van der Waals surface area contributed by atoms with Gasteiger partial charge < -0.3 is 15.2 Å². The molecular formula is C25H24N4O2. The summed E-state index contributed by atoms with van der Waals surface area (Å²) in [5.41, 5.74) is 5.10. The van der Waals surface area contributed by atoms with E-state index in [9.17, 15) is 9.59 Å². The smallest absolute Gasteiger partial charge is 0.253 e. The number of carbonyl (C=O) groups excluding carboxylic acids is 2. The molecule has 0 saturated heterocycles. The van der Waals surface area contributed by atoms with E-state index >= 15 is 0 Å². The van der Waals surface area contributed by atoms with Gasteiger partial charge in [0.2, 0.25) is 5.91 Å². The van der Waals surface area contributed by atoms with Gasteiger partial charge in [-0.3, -0.25) is 9.59 Å². The number of benzene rings is 2. The summed E-state index contributed by atoms with van der Waals surface area (Å²) in [6, 6.07) is 19.9. The van der Waals surface area contributed by atoms with E-state index in [1.54, 1.807) is 12.3 Å². The largest absolute Gasteiger partial charge is 0.348 e. The SMILES string of the molecule is CC(=O)Nc1cnc2c(c1)c(C(=O)NCc1ccc(C)cc1)cn2Cc1ccccc1. The van der Waals surface area contributed by atoms with Crippen molar-refractivity contribution in [2.75, 3.05) is 5.32 Å². The lowest BCUT2D eigenvalue weighted by molar-refractivity contribution is -0.114. The molecule has 0 spiro atoms. The maximum absolute atomic E-state index is 13.1. The zero-order valence-corrected chi connectivity index (χ0v) is 17.6. The first kappa shape index (κ1) is 20.3. The monoisotopic (exact) mass is 412 g/mol. The maximum atomic E-state index is 13.1. The summed E-state index contributed by atoms with van der Waals surface area (Å²) in [6.45, 7) is 4.50. The van der Waals surface area contributed by atoms with Crippen LogP contribution in [0.5, 0.6) is 0 Å². The molecule has 156 valence electrons. The minimum Gasteiger partial charge on any atom is -0.348 e. The third kappa shape index (κ3) is 4.80. The first-order valence-corrected chi connectivity index (χ1v) is 10.1. The molecule has 31 heavy (non-hydrogen) atoms. The Labute approximate surface area is 180 Å². The van der Waals surface area contributed by atoms with Crippen LogP contribution in [0.1, 0.15) is 34.0 Å². The zero-order chi connectivity index (χ0) is 21.8. The average molecular weight is 412 g/mol. The maximum Gasteiger partial charge on any atom is 0.253 e. The zero-order valence-electron chi connectivity index (χ0n) is 17.6. The van der Waals surface area contributed by atoms with Gasteiger partial charge in [-0.1, -0.05) is 60.2 Å². The lowest BCUT2D eigenvalue weighted by atomic mass is 10.1. The summed E-state index contributed by atoms with van der Waals surface area (Å²) in [5, 5.41) is 6.44. The number of aryl methyl sites for hydroxylation is 1. The van der Waals surface area contributed by atoms with Gasteiger partial charge >= 0.3 is 0 Å². The van der Waals surface area contributed by atoms with E-state index in [1.807, 2.05) is 72.3 Å². The number of nitrogens with one attached hydrogen (secondary N) is 2. The molecule has 4 aromatic rings. The number of amides is 2. The molecule has 0 bridgehead atoms. The molecule has 0 aliphatic rings. The van der Waals surface area contributed by atoms with Crippen molar-refractivity contribution in [3.8, 4) is 0 Å². The summed E-state index contributed by atoms with van der Waals surface area (Å²) in [4.78, 5) is 29.1. The third-order valence-electron chi connectivity index (χ3n) is 5.05. The molecule has 2 aromatic carbocycles. The quantitative estimate of drug-likeness (QED) is 0.496. The summed E-state index contributed by atoms with van der Waals surface area (Å²) in [5.74, 6) is -0.366. The standard InChI is InChI=1S/C25H24N4O2/c1-17-8-10-19(11-9-17)13-27-25(31)23-16-29(15-20-6-4-3-5-7-20)24-22(23)12-21(14-26-24)28-18(2)30/h3-12,14,16H,13,15H2,1-2H3,(H,27,31)(H,28,30). The fourth-order valence-electron chi connectivity index (χ4n) is 3.51. The first-order valence-electron chi connectivity index (χ1n) is 10.1. The molecule has 2 heterocycles. The topological polar surface area (TPSA) is 76.0 Å². The molecule has 0 atom stereocenters. The minimum absolute atomic E-state index is 0.181. The molecule has 2 aromatic heterocycles. The normalized spacial score (nSPS) is 10.8. The molecule has 0 saturated carbocycles. The highest BCUT2D eigenvalue weighted by atomic mass is 16.2. The van der Waals surface area contributed by atoms with E-state index in [4.69, 9.17) is 0 Å². The Kier molecular flexibility index (Phi) is 5.80. The highest BCUT2D eigenvalue weighted by Gasteiger charge is 2.17. The summed E-state index contributed by atoms with van der Waals surface area (Å²) >= 11 is 0. The van der Waals surface area contributed by atoms with Gasteiger partial charge in [-0.25, -0.2) is 4.98 Å². The summed E-state index contributed by atoms with van der Waals surface area (Å²) in [6.07, 6.45) is 3.44.